The highest BCUT2D eigenvalue weighted by Gasteiger charge is 2.04. The molecule has 0 aromatic heterocycles. The molecule has 102 valence electrons. The van der Waals surface area contributed by atoms with Crippen LogP contribution < -0.4 is 10.5 Å². The van der Waals surface area contributed by atoms with Gasteiger partial charge in [0, 0.05) is 11.6 Å². The zero-order valence-electron chi connectivity index (χ0n) is 11.0. The molecular weight excluding hydrogens is 250 g/mol. The molecule has 1 rings (SSSR count). The van der Waals surface area contributed by atoms with Crippen LogP contribution in [0.4, 0.5) is 0 Å². The van der Waals surface area contributed by atoms with E-state index in [1.54, 1.807) is 0 Å². The summed E-state index contributed by atoms with van der Waals surface area (Å²) in [5.74, 6) is 0.851. The molecule has 0 unspecified atom stereocenters. The Labute approximate surface area is 114 Å². The quantitative estimate of drug-likeness (QED) is 0.702. The highest BCUT2D eigenvalue weighted by molar-refractivity contribution is 6.30. The summed E-state index contributed by atoms with van der Waals surface area (Å²) in [4.78, 5) is 0. The van der Waals surface area contributed by atoms with Gasteiger partial charge in [-0.2, -0.15) is 0 Å². The molecule has 0 aliphatic carbocycles. The molecular formula is C14H22ClNO2. The van der Waals surface area contributed by atoms with Gasteiger partial charge in [0.1, 0.15) is 12.4 Å². The van der Waals surface area contributed by atoms with Crippen molar-refractivity contribution in [3.05, 3.63) is 28.8 Å². The van der Waals surface area contributed by atoms with Crippen molar-refractivity contribution in [1.29, 1.82) is 0 Å². The summed E-state index contributed by atoms with van der Waals surface area (Å²) in [5, 5.41) is 0.713. The van der Waals surface area contributed by atoms with Gasteiger partial charge in [0.15, 0.2) is 0 Å². The Balaban J connectivity index is 2.36. The maximum absolute atomic E-state index is 5.95. The van der Waals surface area contributed by atoms with Crippen molar-refractivity contribution in [2.75, 3.05) is 26.4 Å². The second kappa shape index (κ2) is 9.20. The molecule has 0 fully saturated rings. The van der Waals surface area contributed by atoms with Gasteiger partial charge in [-0.15, -0.1) is 0 Å². The minimum absolute atomic E-state index is 0.558. The van der Waals surface area contributed by atoms with E-state index in [1.165, 1.54) is 0 Å². The molecule has 0 saturated heterocycles. The van der Waals surface area contributed by atoms with Crippen LogP contribution in [0.5, 0.6) is 5.75 Å². The molecule has 1 aromatic carbocycles. The second-order valence-corrected chi connectivity index (χ2v) is 4.54. The van der Waals surface area contributed by atoms with Gasteiger partial charge >= 0.3 is 0 Å². The van der Waals surface area contributed by atoms with Crippen LogP contribution in [0.25, 0.3) is 0 Å². The lowest BCUT2D eigenvalue weighted by molar-refractivity contribution is 0.0977. The molecule has 0 aliphatic heterocycles. The number of halogens is 1. The molecule has 0 atom stereocenters. The van der Waals surface area contributed by atoms with Gasteiger partial charge < -0.3 is 15.2 Å². The summed E-state index contributed by atoms with van der Waals surface area (Å²) in [6.07, 6.45) is 3.02. The second-order valence-electron chi connectivity index (χ2n) is 4.11. The highest BCUT2D eigenvalue weighted by atomic mass is 35.5. The molecule has 0 amide bonds. The average Bonchev–Trinajstić information content (AvgIpc) is 2.36. The van der Waals surface area contributed by atoms with Crippen molar-refractivity contribution >= 4 is 11.6 Å². The van der Waals surface area contributed by atoms with E-state index in [0.717, 1.165) is 37.2 Å². The van der Waals surface area contributed by atoms with Gasteiger partial charge in [-0.3, -0.25) is 0 Å². The lowest BCUT2D eigenvalue weighted by Crippen LogP contribution is -2.10. The van der Waals surface area contributed by atoms with Crippen LogP contribution in [0.3, 0.4) is 0 Å². The van der Waals surface area contributed by atoms with Gasteiger partial charge in [0.2, 0.25) is 0 Å². The Hall–Kier alpha value is -0.770. The molecule has 0 saturated carbocycles. The normalized spacial score (nSPS) is 10.6. The van der Waals surface area contributed by atoms with E-state index in [4.69, 9.17) is 26.8 Å². The molecule has 1 aromatic rings. The first kappa shape index (κ1) is 15.3. The fourth-order valence-electron chi connectivity index (χ4n) is 1.60. The summed E-state index contributed by atoms with van der Waals surface area (Å²) in [5.41, 5.74) is 6.62. The standard InChI is InChI=1S/C14H22ClNO2/c1-2-3-8-17-9-10-18-14-5-4-13(15)11-12(14)6-7-16/h4-5,11H,2-3,6-10,16H2,1H3. The lowest BCUT2D eigenvalue weighted by Gasteiger charge is -2.11. The third kappa shape index (κ3) is 5.71. The Kier molecular flexibility index (Phi) is 7.81. The fraction of sp³-hybridized carbons (Fsp3) is 0.571. The summed E-state index contributed by atoms with van der Waals surface area (Å²) >= 11 is 5.95. The maximum Gasteiger partial charge on any atom is 0.122 e. The molecule has 0 radical (unpaired) electrons. The molecule has 0 heterocycles. The Morgan fingerprint density at radius 3 is 2.78 bits per heavy atom. The number of unbranched alkanes of at least 4 members (excludes halogenated alkanes) is 1. The van der Waals surface area contributed by atoms with E-state index in [0.29, 0.717) is 24.8 Å². The first-order chi connectivity index (χ1) is 8.77. The summed E-state index contributed by atoms with van der Waals surface area (Å²) in [6.45, 7) is 4.71. The number of hydrogen-bond donors (Lipinski definition) is 1. The van der Waals surface area contributed by atoms with Crippen molar-refractivity contribution in [2.45, 2.75) is 26.2 Å². The van der Waals surface area contributed by atoms with E-state index in [-0.39, 0.29) is 0 Å². The van der Waals surface area contributed by atoms with Gasteiger partial charge in [-0.05, 0) is 43.1 Å². The number of rotatable bonds is 9. The largest absolute Gasteiger partial charge is 0.491 e. The number of benzene rings is 1. The van der Waals surface area contributed by atoms with Gasteiger partial charge in [0.25, 0.3) is 0 Å². The molecule has 0 bridgehead atoms. The molecule has 0 spiro atoms. The summed E-state index contributed by atoms with van der Waals surface area (Å²) in [6, 6.07) is 5.62. The zero-order valence-corrected chi connectivity index (χ0v) is 11.7. The topological polar surface area (TPSA) is 44.5 Å². The van der Waals surface area contributed by atoms with Crippen LogP contribution >= 0.6 is 11.6 Å². The molecule has 3 nitrogen and oxygen atoms in total. The summed E-state index contributed by atoms with van der Waals surface area (Å²) < 4.78 is 11.1. The van der Waals surface area contributed by atoms with Gasteiger partial charge in [0.05, 0.1) is 6.61 Å². The molecule has 4 heteroatoms. The third-order valence-electron chi connectivity index (χ3n) is 2.56. The maximum atomic E-state index is 5.95. The van der Waals surface area contributed by atoms with E-state index < -0.39 is 0 Å². The number of ether oxygens (including phenoxy) is 2. The van der Waals surface area contributed by atoms with Crippen molar-refractivity contribution in [3.63, 3.8) is 0 Å². The monoisotopic (exact) mass is 271 g/mol. The van der Waals surface area contributed by atoms with Crippen LogP contribution in [-0.2, 0) is 11.2 Å². The average molecular weight is 272 g/mol. The predicted molar refractivity (Wildman–Crippen MR) is 75.4 cm³/mol. The molecule has 2 N–H and O–H groups in total. The van der Waals surface area contributed by atoms with Crippen molar-refractivity contribution in [3.8, 4) is 5.75 Å². The molecule has 18 heavy (non-hydrogen) atoms. The van der Waals surface area contributed by atoms with E-state index in [9.17, 15) is 0 Å². The first-order valence-electron chi connectivity index (χ1n) is 6.47. The minimum Gasteiger partial charge on any atom is -0.491 e. The van der Waals surface area contributed by atoms with Crippen LogP contribution in [-0.4, -0.2) is 26.4 Å². The third-order valence-corrected chi connectivity index (χ3v) is 2.80. The lowest BCUT2D eigenvalue weighted by atomic mass is 10.1. The van der Waals surface area contributed by atoms with E-state index in [2.05, 4.69) is 6.92 Å². The smallest absolute Gasteiger partial charge is 0.122 e. The SMILES string of the molecule is CCCCOCCOc1ccc(Cl)cc1CCN. The number of hydrogen-bond acceptors (Lipinski definition) is 3. The van der Waals surface area contributed by atoms with Crippen LogP contribution in [0.2, 0.25) is 5.02 Å². The van der Waals surface area contributed by atoms with Crippen molar-refractivity contribution < 1.29 is 9.47 Å². The zero-order chi connectivity index (χ0) is 13.2. The predicted octanol–water partition coefficient (Wildman–Crippen LogP) is 3.04. The minimum atomic E-state index is 0.558. The Bertz CT molecular complexity index is 345. The number of nitrogens with two attached hydrogens (primary N) is 1. The van der Waals surface area contributed by atoms with Gasteiger partial charge in [-0.25, -0.2) is 0 Å². The fourth-order valence-corrected chi connectivity index (χ4v) is 1.79. The van der Waals surface area contributed by atoms with E-state index >= 15 is 0 Å². The Morgan fingerprint density at radius 2 is 2.06 bits per heavy atom. The van der Waals surface area contributed by atoms with Crippen LogP contribution in [0.15, 0.2) is 18.2 Å². The highest BCUT2D eigenvalue weighted by Crippen LogP contribution is 2.23. The van der Waals surface area contributed by atoms with E-state index in [1.807, 2.05) is 18.2 Å². The van der Waals surface area contributed by atoms with Crippen LogP contribution in [0, 0.1) is 0 Å². The Morgan fingerprint density at radius 1 is 1.22 bits per heavy atom. The van der Waals surface area contributed by atoms with Gasteiger partial charge in [-0.1, -0.05) is 24.9 Å². The summed E-state index contributed by atoms with van der Waals surface area (Å²) in [7, 11) is 0. The van der Waals surface area contributed by atoms with Crippen LogP contribution in [0.1, 0.15) is 25.3 Å². The van der Waals surface area contributed by atoms with Crippen molar-refractivity contribution in [1.82, 2.24) is 0 Å². The van der Waals surface area contributed by atoms with Crippen molar-refractivity contribution in [2.24, 2.45) is 5.73 Å². The molecule has 0 aliphatic rings. The first-order valence-corrected chi connectivity index (χ1v) is 6.84.